The number of hydrogen-bond acceptors (Lipinski definition) is 3. The van der Waals surface area contributed by atoms with E-state index >= 15 is 0 Å². The third-order valence-electron chi connectivity index (χ3n) is 2.88. The molecule has 20 heavy (non-hydrogen) atoms. The summed E-state index contributed by atoms with van der Waals surface area (Å²) in [4.78, 5) is 11.5. The molecule has 0 fully saturated rings. The van der Waals surface area contributed by atoms with Crippen molar-refractivity contribution < 1.29 is 9.53 Å². The van der Waals surface area contributed by atoms with Gasteiger partial charge in [0.1, 0.15) is 5.75 Å². The van der Waals surface area contributed by atoms with E-state index in [0.29, 0.717) is 0 Å². The van der Waals surface area contributed by atoms with Crippen LogP contribution in [-0.2, 0) is 11.3 Å². The van der Waals surface area contributed by atoms with E-state index in [4.69, 9.17) is 4.74 Å². The van der Waals surface area contributed by atoms with Crippen LogP contribution < -0.4 is 15.4 Å². The lowest BCUT2D eigenvalue weighted by atomic mass is 10.2. The molecule has 112 valence electrons. The number of benzene rings is 1. The van der Waals surface area contributed by atoms with Gasteiger partial charge in [0.15, 0.2) is 6.61 Å². The van der Waals surface area contributed by atoms with Crippen molar-refractivity contribution in [2.45, 2.75) is 39.7 Å². The lowest BCUT2D eigenvalue weighted by Gasteiger charge is -2.09. The van der Waals surface area contributed by atoms with Gasteiger partial charge in [-0.05, 0) is 37.1 Å². The highest BCUT2D eigenvalue weighted by Gasteiger charge is 2.02. The molecule has 2 N–H and O–H groups in total. The molecule has 0 heterocycles. The van der Waals surface area contributed by atoms with Crippen molar-refractivity contribution in [3.8, 4) is 5.75 Å². The van der Waals surface area contributed by atoms with Crippen LogP contribution in [0.25, 0.3) is 0 Å². The molecule has 0 aliphatic rings. The third kappa shape index (κ3) is 7.14. The van der Waals surface area contributed by atoms with Crippen LogP contribution in [0.5, 0.6) is 5.75 Å². The molecule has 0 atom stereocenters. The Kier molecular flexibility index (Phi) is 8.47. The second-order valence-corrected chi connectivity index (χ2v) is 4.82. The first-order chi connectivity index (χ1) is 9.76. The van der Waals surface area contributed by atoms with E-state index < -0.39 is 0 Å². The highest BCUT2D eigenvalue weighted by molar-refractivity contribution is 5.77. The number of nitrogens with one attached hydrogen (secondary N) is 2. The molecule has 1 aromatic carbocycles. The first-order valence-electron chi connectivity index (χ1n) is 7.45. The van der Waals surface area contributed by atoms with Crippen LogP contribution in [0.15, 0.2) is 24.3 Å². The van der Waals surface area contributed by atoms with Gasteiger partial charge in [-0.3, -0.25) is 4.79 Å². The Balaban J connectivity index is 2.32. The van der Waals surface area contributed by atoms with Gasteiger partial charge in [-0.15, -0.1) is 0 Å². The first-order valence-corrected chi connectivity index (χ1v) is 7.45. The normalized spacial score (nSPS) is 10.3. The van der Waals surface area contributed by atoms with Crippen molar-refractivity contribution in [2.75, 3.05) is 19.7 Å². The van der Waals surface area contributed by atoms with Gasteiger partial charge in [0.2, 0.25) is 0 Å². The minimum atomic E-state index is -0.0621. The van der Waals surface area contributed by atoms with E-state index in [1.807, 2.05) is 18.2 Å². The minimum Gasteiger partial charge on any atom is -0.484 e. The molecule has 0 unspecified atom stereocenters. The largest absolute Gasteiger partial charge is 0.484 e. The quantitative estimate of drug-likeness (QED) is 0.646. The SMILES string of the molecule is CCCCNC(=O)COc1cccc(CNCCC)c1. The molecule has 1 aromatic rings. The summed E-state index contributed by atoms with van der Waals surface area (Å²) in [5.74, 6) is 0.680. The van der Waals surface area contributed by atoms with Gasteiger partial charge in [0.05, 0.1) is 0 Å². The molecule has 1 amide bonds. The van der Waals surface area contributed by atoms with Gasteiger partial charge in [0.25, 0.3) is 5.91 Å². The molecule has 0 aliphatic heterocycles. The molecule has 0 bridgehead atoms. The number of carbonyl (C=O) groups excluding carboxylic acids is 1. The number of hydrogen-bond donors (Lipinski definition) is 2. The fourth-order valence-corrected chi connectivity index (χ4v) is 1.76. The van der Waals surface area contributed by atoms with Crippen LogP contribution in [0.2, 0.25) is 0 Å². The van der Waals surface area contributed by atoms with E-state index in [9.17, 15) is 4.79 Å². The van der Waals surface area contributed by atoms with Gasteiger partial charge in [-0.25, -0.2) is 0 Å². The molecule has 0 radical (unpaired) electrons. The summed E-state index contributed by atoms with van der Waals surface area (Å²) in [7, 11) is 0. The van der Waals surface area contributed by atoms with Gasteiger partial charge in [-0.1, -0.05) is 32.4 Å². The van der Waals surface area contributed by atoms with E-state index in [1.165, 1.54) is 5.56 Å². The molecule has 0 spiro atoms. The summed E-state index contributed by atoms with van der Waals surface area (Å²) < 4.78 is 5.51. The maximum Gasteiger partial charge on any atom is 0.257 e. The molecule has 1 rings (SSSR count). The van der Waals surface area contributed by atoms with Crippen LogP contribution in [0, 0.1) is 0 Å². The van der Waals surface area contributed by atoms with E-state index in [2.05, 4.69) is 30.5 Å². The molecule has 0 saturated heterocycles. The van der Waals surface area contributed by atoms with E-state index in [-0.39, 0.29) is 12.5 Å². The van der Waals surface area contributed by atoms with Crippen molar-refractivity contribution in [1.82, 2.24) is 10.6 Å². The second kappa shape index (κ2) is 10.3. The summed E-state index contributed by atoms with van der Waals surface area (Å²) in [6.07, 6.45) is 3.20. The summed E-state index contributed by atoms with van der Waals surface area (Å²) in [6.45, 7) is 6.87. The zero-order valence-electron chi connectivity index (χ0n) is 12.6. The molecular weight excluding hydrogens is 252 g/mol. The fourth-order valence-electron chi connectivity index (χ4n) is 1.76. The van der Waals surface area contributed by atoms with Crippen LogP contribution in [0.4, 0.5) is 0 Å². The minimum absolute atomic E-state index is 0.0621. The second-order valence-electron chi connectivity index (χ2n) is 4.82. The fraction of sp³-hybridized carbons (Fsp3) is 0.562. The van der Waals surface area contributed by atoms with Crippen molar-refractivity contribution in [2.24, 2.45) is 0 Å². The summed E-state index contributed by atoms with van der Waals surface area (Å²) >= 11 is 0. The highest BCUT2D eigenvalue weighted by Crippen LogP contribution is 2.13. The average Bonchev–Trinajstić information content (AvgIpc) is 2.46. The Bertz CT molecular complexity index is 394. The lowest BCUT2D eigenvalue weighted by Crippen LogP contribution is -2.29. The molecule has 4 heteroatoms. The Morgan fingerprint density at radius 1 is 1.20 bits per heavy atom. The topological polar surface area (TPSA) is 50.4 Å². The monoisotopic (exact) mass is 278 g/mol. The van der Waals surface area contributed by atoms with Crippen molar-refractivity contribution >= 4 is 5.91 Å². The van der Waals surface area contributed by atoms with Crippen LogP contribution in [-0.4, -0.2) is 25.6 Å². The summed E-state index contributed by atoms with van der Waals surface area (Å²) in [6, 6.07) is 7.86. The maximum atomic E-state index is 11.5. The smallest absolute Gasteiger partial charge is 0.257 e. The standard InChI is InChI=1S/C16H26N2O2/c1-3-5-10-18-16(19)13-20-15-8-6-7-14(11-15)12-17-9-4-2/h6-8,11,17H,3-5,9-10,12-13H2,1-2H3,(H,18,19). The summed E-state index contributed by atoms with van der Waals surface area (Å²) in [5, 5.41) is 6.18. The number of ether oxygens (including phenoxy) is 1. The Morgan fingerprint density at radius 2 is 2.05 bits per heavy atom. The van der Waals surface area contributed by atoms with Gasteiger partial charge >= 0.3 is 0 Å². The zero-order chi connectivity index (χ0) is 14.6. The van der Waals surface area contributed by atoms with E-state index in [0.717, 1.165) is 44.6 Å². The van der Waals surface area contributed by atoms with Crippen LogP contribution >= 0.6 is 0 Å². The number of carbonyl (C=O) groups is 1. The Hall–Kier alpha value is -1.55. The van der Waals surface area contributed by atoms with Crippen LogP contribution in [0.1, 0.15) is 38.7 Å². The average molecular weight is 278 g/mol. The van der Waals surface area contributed by atoms with Crippen molar-refractivity contribution in [3.63, 3.8) is 0 Å². The van der Waals surface area contributed by atoms with Gasteiger partial charge < -0.3 is 15.4 Å². The number of rotatable bonds is 10. The lowest BCUT2D eigenvalue weighted by molar-refractivity contribution is -0.123. The van der Waals surface area contributed by atoms with Crippen molar-refractivity contribution in [1.29, 1.82) is 0 Å². The predicted octanol–water partition coefficient (Wildman–Crippen LogP) is 2.48. The molecule has 0 saturated carbocycles. The highest BCUT2D eigenvalue weighted by atomic mass is 16.5. The maximum absolute atomic E-state index is 11.5. The molecule has 0 aromatic heterocycles. The van der Waals surface area contributed by atoms with Crippen LogP contribution in [0.3, 0.4) is 0 Å². The van der Waals surface area contributed by atoms with Gasteiger partial charge in [0, 0.05) is 13.1 Å². The third-order valence-corrected chi connectivity index (χ3v) is 2.88. The Labute approximate surface area is 121 Å². The molecule has 0 aliphatic carbocycles. The summed E-state index contributed by atoms with van der Waals surface area (Å²) in [5.41, 5.74) is 1.17. The number of amides is 1. The Morgan fingerprint density at radius 3 is 2.80 bits per heavy atom. The van der Waals surface area contributed by atoms with Crippen molar-refractivity contribution in [3.05, 3.63) is 29.8 Å². The van der Waals surface area contributed by atoms with Gasteiger partial charge in [-0.2, -0.15) is 0 Å². The molecule has 4 nitrogen and oxygen atoms in total. The molecular formula is C16H26N2O2. The van der Waals surface area contributed by atoms with E-state index in [1.54, 1.807) is 0 Å². The first kappa shape index (κ1) is 16.5. The zero-order valence-corrected chi connectivity index (χ0v) is 12.6. The number of unbranched alkanes of at least 4 members (excludes halogenated alkanes) is 1. The predicted molar refractivity (Wildman–Crippen MR) is 81.9 cm³/mol.